The molecule has 3 nitrogen and oxygen atoms in total. The van der Waals surface area contributed by atoms with Crippen molar-refractivity contribution in [3.63, 3.8) is 0 Å². The fraction of sp³-hybridized carbons (Fsp3) is 0. The fourth-order valence-electron chi connectivity index (χ4n) is 5.76. The zero-order valence-corrected chi connectivity index (χ0v) is 21.7. The van der Waals surface area contributed by atoms with Gasteiger partial charge in [-0.05, 0) is 75.1 Å². The van der Waals surface area contributed by atoms with Crippen LogP contribution < -0.4 is 4.90 Å². The molecule has 0 fully saturated rings. The van der Waals surface area contributed by atoms with E-state index in [0.29, 0.717) is 0 Å². The first-order valence-electron chi connectivity index (χ1n) is 13.5. The highest BCUT2D eigenvalue weighted by Gasteiger charge is 2.16. The summed E-state index contributed by atoms with van der Waals surface area (Å²) in [5.74, 6) is 0. The van der Waals surface area contributed by atoms with Gasteiger partial charge < -0.3 is 9.32 Å². The Morgan fingerprint density at radius 1 is 0.450 bits per heavy atom. The van der Waals surface area contributed by atoms with E-state index in [9.17, 15) is 0 Å². The maximum absolute atomic E-state index is 6.25. The van der Waals surface area contributed by atoms with Gasteiger partial charge in [0.1, 0.15) is 11.2 Å². The molecule has 0 bridgehead atoms. The predicted molar refractivity (Wildman–Crippen MR) is 167 cm³/mol. The number of anilines is 3. The summed E-state index contributed by atoms with van der Waals surface area (Å²) in [7, 11) is 0. The first kappa shape index (κ1) is 22.6. The summed E-state index contributed by atoms with van der Waals surface area (Å²) in [6, 6.07) is 47.3. The summed E-state index contributed by atoms with van der Waals surface area (Å²) < 4.78 is 6.25. The van der Waals surface area contributed by atoms with Crippen molar-refractivity contribution < 1.29 is 4.42 Å². The number of furan rings is 1. The van der Waals surface area contributed by atoms with Crippen molar-refractivity contribution >= 4 is 60.5 Å². The van der Waals surface area contributed by atoms with E-state index in [1.165, 1.54) is 32.7 Å². The Balaban J connectivity index is 1.33. The number of hydrogen-bond donors (Lipinski definition) is 0. The standard InChI is InChI=1S/C37H24N2O/c1-2-6-25(7-3-1)26-12-15-29(16-13-26)39(31-18-19-33-35-24-38-21-20-36(35)40-37(33)23-31)30-17-14-28-11-10-27-8-4-5-9-32(27)34(28)22-30/h1-24H. The van der Waals surface area contributed by atoms with E-state index >= 15 is 0 Å². The van der Waals surface area contributed by atoms with Crippen LogP contribution in [0.25, 0.3) is 54.6 Å². The molecule has 0 radical (unpaired) electrons. The van der Waals surface area contributed by atoms with Crippen LogP contribution in [0.2, 0.25) is 0 Å². The number of aromatic nitrogens is 1. The van der Waals surface area contributed by atoms with Crippen molar-refractivity contribution in [2.45, 2.75) is 0 Å². The largest absolute Gasteiger partial charge is 0.456 e. The molecule has 0 amide bonds. The van der Waals surface area contributed by atoms with Gasteiger partial charge in [-0.25, -0.2) is 0 Å². The molecule has 0 atom stereocenters. The van der Waals surface area contributed by atoms with Crippen molar-refractivity contribution in [1.82, 2.24) is 4.98 Å². The molecule has 0 unspecified atom stereocenters. The molecule has 6 aromatic carbocycles. The van der Waals surface area contributed by atoms with Gasteiger partial charge in [0.05, 0.1) is 0 Å². The lowest BCUT2D eigenvalue weighted by Gasteiger charge is -2.26. The Hall–Kier alpha value is -5.41. The molecule has 8 rings (SSSR count). The molecule has 0 spiro atoms. The van der Waals surface area contributed by atoms with E-state index in [-0.39, 0.29) is 0 Å². The monoisotopic (exact) mass is 512 g/mol. The van der Waals surface area contributed by atoms with E-state index in [1.807, 2.05) is 18.3 Å². The van der Waals surface area contributed by atoms with Crippen LogP contribution in [-0.4, -0.2) is 4.98 Å². The Bertz CT molecular complexity index is 2160. The zero-order valence-electron chi connectivity index (χ0n) is 21.7. The summed E-state index contributed by atoms with van der Waals surface area (Å²) in [5, 5.41) is 7.04. The molecule has 3 heteroatoms. The van der Waals surface area contributed by atoms with Crippen molar-refractivity contribution in [1.29, 1.82) is 0 Å². The highest BCUT2D eigenvalue weighted by molar-refractivity contribution is 6.09. The Kier molecular flexibility index (Phi) is 5.14. The highest BCUT2D eigenvalue weighted by atomic mass is 16.3. The van der Waals surface area contributed by atoms with Crippen molar-refractivity contribution in [3.8, 4) is 11.1 Å². The quantitative estimate of drug-likeness (QED) is 0.220. The van der Waals surface area contributed by atoms with Gasteiger partial charge in [0.15, 0.2) is 0 Å². The molecule has 0 saturated heterocycles. The second-order valence-corrected chi connectivity index (χ2v) is 10.1. The van der Waals surface area contributed by atoms with Crippen LogP contribution in [0.15, 0.2) is 150 Å². The lowest BCUT2D eigenvalue weighted by Crippen LogP contribution is -2.09. The molecular weight excluding hydrogens is 488 g/mol. The lowest BCUT2D eigenvalue weighted by molar-refractivity contribution is 0.668. The number of nitrogens with zero attached hydrogens (tertiary/aromatic N) is 2. The van der Waals surface area contributed by atoms with Gasteiger partial charge in [-0.15, -0.1) is 0 Å². The van der Waals surface area contributed by atoms with Crippen LogP contribution in [0.3, 0.4) is 0 Å². The number of pyridine rings is 1. The molecule has 40 heavy (non-hydrogen) atoms. The molecule has 0 saturated carbocycles. The highest BCUT2D eigenvalue weighted by Crippen LogP contribution is 2.40. The Morgan fingerprint density at radius 3 is 2.00 bits per heavy atom. The van der Waals surface area contributed by atoms with Crippen molar-refractivity contribution in [2.24, 2.45) is 0 Å². The average molecular weight is 513 g/mol. The van der Waals surface area contributed by atoms with E-state index in [2.05, 4.69) is 131 Å². The molecule has 188 valence electrons. The molecule has 0 aliphatic rings. The normalized spacial score (nSPS) is 11.5. The zero-order chi connectivity index (χ0) is 26.5. The smallest absolute Gasteiger partial charge is 0.138 e. The van der Waals surface area contributed by atoms with Gasteiger partial charge >= 0.3 is 0 Å². The van der Waals surface area contributed by atoms with E-state index in [4.69, 9.17) is 4.42 Å². The summed E-state index contributed by atoms with van der Waals surface area (Å²) in [5.41, 5.74) is 7.29. The molecule has 0 aliphatic carbocycles. The minimum Gasteiger partial charge on any atom is -0.456 e. The topological polar surface area (TPSA) is 29.3 Å². The van der Waals surface area contributed by atoms with Gasteiger partial charge in [0, 0.05) is 46.3 Å². The minimum atomic E-state index is 0.845. The first-order chi connectivity index (χ1) is 19.8. The SMILES string of the molecule is c1ccc(-c2ccc(N(c3ccc4c(c3)oc3ccncc34)c3ccc4ccc5ccccc5c4c3)cc2)cc1. The maximum Gasteiger partial charge on any atom is 0.138 e. The average Bonchev–Trinajstić information content (AvgIpc) is 3.40. The second-order valence-electron chi connectivity index (χ2n) is 10.1. The van der Waals surface area contributed by atoms with Gasteiger partial charge in [-0.3, -0.25) is 4.98 Å². The fourth-order valence-corrected chi connectivity index (χ4v) is 5.76. The van der Waals surface area contributed by atoms with Crippen LogP contribution >= 0.6 is 0 Å². The van der Waals surface area contributed by atoms with Gasteiger partial charge in [-0.1, -0.05) is 84.9 Å². The molecule has 2 heterocycles. The third-order valence-electron chi connectivity index (χ3n) is 7.74. The van der Waals surface area contributed by atoms with Crippen molar-refractivity contribution in [2.75, 3.05) is 4.90 Å². The van der Waals surface area contributed by atoms with Crippen LogP contribution in [0.4, 0.5) is 17.1 Å². The second kappa shape index (κ2) is 9.11. The molecule has 0 aliphatic heterocycles. The predicted octanol–water partition coefficient (Wildman–Crippen LogP) is 10.4. The Morgan fingerprint density at radius 2 is 1.12 bits per heavy atom. The minimum absolute atomic E-state index is 0.845. The molecule has 8 aromatic rings. The van der Waals surface area contributed by atoms with E-state index in [0.717, 1.165) is 39.0 Å². The molecule has 2 aromatic heterocycles. The summed E-state index contributed by atoms with van der Waals surface area (Å²) in [4.78, 5) is 6.61. The van der Waals surface area contributed by atoms with Crippen LogP contribution in [0.5, 0.6) is 0 Å². The van der Waals surface area contributed by atoms with Crippen LogP contribution in [-0.2, 0) is 0 Å². The van der Waals surface area contributed by atoms with Gasteiger partial charge in [-0.2, -0.15) is 0 Å². The lowest BCUT2D eigenvalue weighted by atomic mass is 10.0. The first-order valence-corrected chi connectivity index (χ1v) is 13.5. The van der Waals surface area contributed by atoms with Crippen LogP contribution in [0.1, 0.15) is 0 Å². The van der Waals surface area contributed by atoms with E-state index < -0.39 is 0 Å². The number of fused-ring (bicyclic) bond motifs is 6. The molecule has 0 N–H and O–H groups in total. The third-order valence-corrected chi connectivity index (χ3v) is 7.74. The Labute approximate surface area is 231 Å². The number of rotatable bonds is 4. The van der Waals surface area contributed by atoms with Crippen molar-refractivity contribution in [3.05, 3.63) is 146 Å². The summed E-state index contributed by atoms with van der Waals surface area (Å²) >= 11 is 0. The number of hydrogen-bond acceptors (Lipinski definition) is 3. The number of benzene rings is 6. The van der Waals surface area contributed by atoms with Crippen LogP contribution in [0, 0.1) is 0 Å². The van der Waals surface area contributed by atoms with Gasteiger partial charge in [0.2, 0.25) is 0 Å². The van der Waals surface area contributed by atoms with Gasteiger partial charge in [0.25, 0.3) is 0 Å². The summed E-state index contributed by atoms with van der Waals surface area (Å²) in [6.07, 6.45) is 3.64. The summed E-state index contributed by atoms with van der Waals surface area (Å²) in [6.45, 7) is 0. The molecular formula is C37H24N2O. The van der Waals surface area contributed by atoms with E-state index in [1.54, 1.807) is 6.20 Å². The third kappa shape index (κ3) is 3.71. The maximum atomic E-state index is 6.25.